The molecule has 0 atom stereocenters. The minimum atomic E-state index is -0.419. The van der Waals surface area contributed by atoms with Gasteiger partial charge in [0.25, 0.3) is 11.5 Å². The van der Waals surface area contributed by atoms with Crippen molar-refractivity contribution in [3.8, 4) is 5.75 Å². The standard InChI is InChI=1S/C13H14N4O3/c14-6-7-20-10-3-1-2-9(8-10)15-13(19)11-4-5-12(18)17-16-11/h1-5,8H,6-7,14H2,(H,15,19)(H,17,18). The Morgan fingerprint density at radius 3 is 2.90 bits per heavy atom. The first-order valence-corrected chi connectivity index (χ1v) is 5.99. The third-order valence-electron chi connectivity index (χ3n) is 2.39. The molecular weight excluding hydrogens is 260 g/mol. The number of anilines is 1. The molecule has 0 radical (unpaired) electrons. The molecule has 0 fully saturated rings. The number of ether oxygens (including phenoxy) is 1. The number of carbonyl (C=O) groups is 1. The van der Waals surface area contributed by atoms with Crippen LogP contribution in [0.25, 0.3) is 0 Å². The quantitative estimate of drug-likeness (QED) is 0.729. The fourth-order valence-electron chi connectivity index (χ4n) is 1.51. The molecule has 1 aromatic heterocycles. The van der Waals surface area contributed by atoms with Crippen LogP contribution in [0.5, 0.6) is 5.75 Å². The zero-order chi connectivity index (χ0) is 14.4. The lowest BCUT2D eigenvalue weighted by atomic mass is 10.3. The highest BCUT2D eigenvalue weighted by atomic mass is 16.5. The predicted molar refractivity (Wildman–Crippen MR) is 73.8 cm³/mol. The number of aromatic amines is 1. The number of amides is 1. The van der Waals surface area contributed by atoms with Crippen LogP contribution in [0.1, 0.15) is 10.5 Å². The summed E-state index contributed by atoms with van der Waals surface area (Å²) in [5.74, 6) is 0.194. The monoisotopic (exact) mass is 274 g/mol. The Morgan fingerprint density at radius 1 is 1.35 bits per heavy atom. The number of benzene rings is 1. The highest BCUT2D eigenvalue weighted by molar-refractivity contribution is 6.02. The number of hydrogen-bond donors (Lipinski definition) is 3. The summed E-state index contributed by atoms with van der Waals surface area (Å²) < 4.78 is 5.36. The van der Waals surface area contributed by atoms with E-state index in [1.54, 1.807) is 24.3 Å². The summed E-state index contributed by atoms with van der Waals surface area (Å²) in [5, 5.41) is 8.51. The smallest absolute Gasteiger partial charge is 0.276 e. The number of rotatable bonds is 5. The summed E-state index contributed by atoms with van der Waals surface area (Å²) in [6.07, 6.45) is 0. The minimum absolute atomic E-state index is 0.123. The van der Waals surface area contributed by atoms with Crippen molar-refractivity contribution in [3.05, 3.63) is 52.4 Å². The Morgan fingerprint density at radius 2 is 2.20 bits per heavy atom. The van der Waals surface area contributed by atoms with Crippen LogP contribution >= 0.6 is 0 Å². The Labute approximate surface area is 114 Å². The second-order valence-corrected chi connectivity index (χ2v) is 3.93. The molecule has 0 saturated carbocycles. The molecule has 0 aliphatic rings. The summed E-state index contributed by atoms with van der Waals surface area (Å²) in [6.45, 7) is 0.816. The molecule has 104 valence electrons. The van der Waals surface area contributed by atoms with Crippen molar-refractivity contribution in [2.45, 2.75) is 0 Å². The third kappa shape index (κ3) is 3.66. The maximum Gasteiger partial charge on any atom is 0.276 e. The van der Waals surface area contributed by atoms with E-state index in [2.05, 4.69) is 15.5 Å². The number of hydrogen-bond acceptors (Lipinski definition) is 5. The number of carbonyl (C=O) groups excluding carboxylic acids is 1. The molecule has 1 amide bonds. The van der Waals surface area contributed by atoms with Crippen molar-refractivity contribution in [1.29, 1.82) is 0 Å². The summed E-state index contributed by atoms with van der Waals surface area (Å²) >= 11 is 0. The van der Waals surface area contributed by atoms with E-state index in [-0.39, 0.29) is 11.3 Å². The number of nitrogens with two attached hydrogens (primary N) is 1. The van der Waals surface area contributed by atoms with Gasteiger partial charge in [0.15, 0.2) is 0 Å². The molecule has 2 rings (SSSR count). The molecule has 0 bridgehead atoms. The normalized spacial score (nSPS) is 10.1. The van der Waals surface area contributed by atoms with Crippen molar-refractivity contribution >= 4 is 11.6 Å². The fourth-order valence-corrected chi connectivity index (χ4v) is 1.51. The van der Waals surface area contributed by atoms with Gasteiger partial charge in [-0.15, -0.1) is 0 Å². The van der Waals surface area contributed by atoms with E-state index in [0.29, 0.717) is 24.6 Å². The first-order valence-electron chi connectivity index (χ1n) is 5.99. The minimum Gasteiger partial charge on any atom is -0.492 e. The summed E-state index contributed by atoms with van der Waals surface area (Å²) in [6, 6.07) is 9.51. The van der Waals surface area contributed by atoms with Crippen LogP contribution in [0.4, 0.5) is 5.69 Å². The first-order chi connectivity index (χ1) is 9.69. The van der Waals surface area contributed by atoms with Crippen LogP contribution in [-0.2, 0) is 0 Å². The van der Waals surface area contributed by atoms with Gasteiger partial charge < -0.3 is 15.8 Å². The van der Waals surface area contributed by atoms with Crippen LogP contribution in [0, 0.1) is 0 Å². The lowest BCUT2D eigenvalue weighted by Gasteiger charge is -2.08. The molecule has 0 spiro atoms. The van der Waals surface area contributed by atoms with Crippen molar-refractivity contribution in [3.63, 3.8) is 0 Å². The second kappa shape index (κ2) is 6.48. The van der Waals surface area contributed by atoms with E-state index in [9.17, 15) is 9.59 Å². The number of nitrogens with one attached hydrogen (secondary N) is 2. The zero-order valence-electron chi connectivity index (χ0n) is 10.6. The molecule has 1 heterocycles. The van der Waals surface area contributed by atoms with E-state index in [0.717, 1.165) is 0 Å². The highest BCUT2D eigenvalue weighted by Gasteiger charge is 2.08. The number of nitrogens with zero attached hydrogens (tertiary/aromatic N) is 1. The highest BCUT2D eigenvalue weighted by Crippen LogP contribution is 2.17. The maximum absolute atomic E-state index is 11.9. The van der Waals surface area contributed by atoms with Gasteiger partial charge in [-0.3, -0.25) is 9.59 Å². The second-order valence-electron chi connectivity index (χ2n) is 3.93. The third-order valence-corrected chi connectivity index (χ3v) is 2.39. The molecule has 4 N–H and O–H groups in total. The van der Waals surface area contributed by atoms with Crippen LogP contribution in [-0.4, -0.2) is 29.3 Å². The van der Waals surface area contributed by atoms with Gasteiger partial charge in [-0.25, -0.2) is 5.10 Å². The lowest BCUT2D eigenvalue weighted by Crippen LogP contribution is -2.17. The number of H-pyrrole nitrogens is 1. The molecule has 7 heteroatoms. The molecule has 20 heavy (non-hydrogen) atoms. The largest absolute Gasteiger partial charge is 0.492 e. The van der Waals surface area contributed by atoms with Gasteiger partial charge in [0.05, 0.1) is 0 Å². The Balaban J connectivity index is 2.07. The van der Waals surface area contributed by atoms with E-state index >= 15 is 0 Å². The van der Waals surface area contributed by atoms with Crippen molar-refractivity contribution < 1.29 is 9.53 Å². The first kappa shape index (κ1) is 13.8. The maximum atomic E-state index is 11.9. The van der Waals surface area contributed by atoms with E-state index < -0.39 is 5.91 Å². The van der Waals surface area contributed by atoms with Crippen LogP contribution in [0.3, 0.4) is 0 Å². The molecule has 0 aliphatic carbocycles. The van der Waals surface area contributed by atoms with Gasteiger partial charge in [-0.1, -0.05) is 6.07 Å². The van der Waals surface area contributed by atoms with Gasteiger partial charge in [-0.05, 0) is 18.2 Å². The fraction of sp³-hybridized carbons (Fsp3) is 0.154. The SMILES string of the molecule is NCCOc1cccc(NC(=O)c2ccc(=O)[nH]n2)c1. The molecule has 1 aromatic carbocycles. The van der Waals surface area contributed by atoms with E-state index in [1.807, 2.05) is 0 Å². The molecule has 0 saturated heterocycles. The molecular formula is C13H14N4O3. The van der Waals surface area contributed by atoms with Crippen molar-refractivity contribution in [1.82, 2.24) is 10.2 Å². The molecule has 2 aromatic rings. The van der Waals surface area contributed by atoms with Crippen molar-refractivity contribution in [2.75, 3.05) is 18.5 Å². The van der Waals surface area contributed by atoms with Crippen LogP contribution in [0.15, 0.2) is 41.2 Å². The molecule has 0 aliphatic heterocycles. The van der Waals surface area contributed by atoms with Crippen LogP contribution < -0.4 is 21.3 Å². The number of aromatic nitrogens is 2. The summed E-state index contributed by atoms with van der Waals surface area (Å²) in [5.41, 5.74) is 5.68. The lowest BCUT2D eigenvalue weighted by molar-refractivity contribution is 0.102. The Hall–Kier alpha value is -2.67. The van der Waals surface area contributed by atoms with Gasteiger partial charge in [-0.2, -0.15) is 5.10 Å². The topological polar surface area (TPSA) is 110 Å². The van der Waals surface area contributed by atoms with Gasteiger partial charge >= 0.3 is 0 Å². The Bertz CT molecular complexity index is 634. The average molecular weight is 274 g/mol. The summed E-state index contributed by atoms with van der Waals surface area (Å²) in [7, 11) is 0. The average Bonchev–Trinajstić information content (AvgIpc) is 2.46. The zero-order valence-corrected chi connectivity index (χ0v) is 10.6. The predicted octanol–water partition coefficient (Wildman–Crippen LogP) is 0.360. The summed E-state index contributed by atoms with van der Waals surface area (Å²) in [4.78, 5) is 22.8. The van der Waals surface area contributed by atoms with E-state index in [4.69, 9.17) is 10.5 Å². The van der Waals surface area contributed by atoms with Crippen molar-refractivity contribution in [2.24, 2.45) is 5.73 Å². The Kier molecular flexibility index (Phi) is 4.46. The molecule has 0 unspecified atom stereocenters. The van der Waals surface area contributed by atoms with E-state index in [1.165, 1.54) is 12.1 Å². The molecule has 7 nitrogen and oxygen atoms in total. The van der Waals surface area contributed by atoms with Crippen LogP contribution in [0.2, 0.25) is 0 Å². The van der Waals surface area contributed by atoms with Gasteiger partial charge in [0.1, 0.15) is 18.1 Å². The van der Waals surface area contributed by atoms with Gasteiger partial charge in [0.2, 0.25) is 0 Å². The van der Waals surface area contributed by atoms with Gasteiger partial charge in [0, 0.05) is 24.4 Å².